The Labute approximate surface area is 203 Å². The van der Waals surface area contributed by atoms with Gasteiger partial charge < -0.3 is 10.2 Å². The van der Waals surface area contributed by atoms with Gasteiger partial charge in [0.05, 0.1) is 22.9 Å². The van der Waals surface area contributed by atoms with Crippen molar-refractivity contribution in [1.29, 1.82) is 0 Å². The number of rotatable bonds is 6. The summed E-state index contributed by atoms with van der Waals surface area (Å²) in [5.41, 5.74) is 1.62. The predicted octanol–water partition coefficient (Wildman–Crippen LogP) is 3.65. The van der Waals surface area contributed by atoms with Crippen LogP contribution in [0.5, 0.6) is 0 Å². The normalized spacial score (nSPS) is 15.3. The number of piperazine rings is 1. The molecule has 1 aliphatic rings. The van der Waals surface area contributed by atoms with Crippen LogP contribution in [-0.4, -0.2) is 62.5 Å². The third-order valence-electron chi connectivity index (χ3n) is 6.04. The van der Waals surface area contributed by atoms with Crippen molar-refractivity contribution in [2.24, 2.45) is 0 Å². The molecular weight excluding hydrogens is 473 g/mol. The van der Waals surface area contributed by atoms with Crippen LogP contribution in [0.3, 0.4) is 0 Å². The first-order valence-electron chi connectivity index (χ1n) is 11.0. The zero-order valence-electron chi connectivity index (χ0n) is 18.8. The number of carbonyl (C=O) groups is 1. The van der Waals surface area contributed by atoms with E-state index in [0.29, 0.717) is 26.2 Å². The Kier molecular flexibility index (Phi) is 6.14. The van der Waals surface area contributed by atoms with E-state index < -0.39 is 11.0 Å². The Morgan fingerprint density at radius 3 is 2.54 bits per heavy atom. The summed E-state index contributed by atoms with van der Waals surface area (Å²) in [4.78, 5) is 33.0. The second-order valence-electron chi connectivity index (χ2n) is 8.21. The lowest BCUT2D eigenvalue weighted by Crippen LogP contribution is -2.52. The topological polar surface area (TPSA) is 109 Å². The molecule has 0 bridgehead atoms. The molecule has 0 aliphatic carbocycles. The summed E-state index contributed by atoms with van der Waals surface area (Å²) in [6.45, 7) is 4.46. The summed E-state index contributed by atoms with van der Waals surface area (Å²) >= 11 is 1.48. The molecule has 1 aliphatic heterocycles. The van der Waals surface area contributed by atoms with Crippen LogP contribution < -0.4 is 10.2 Å². The number of nitrogens with one attached hydrogen (secondary N) is 1. The molecule has 4 aromatic rings. The zero-order chi connectivity index (χ0) is 24.5. The predicted molar refractivity (Wildman–Crippen MR) is 131 cm³/mol. The van der Waals surface area contributed by atoms with Gasteiger partial charge in [-0.15, -0.1) is 5.10 Å². The monoisotopic (exact) mass is 495 g/mol. The number of amides is 1. The van der Waals surface area contributed by atoms with E-state index in [2.05, 4.69) is 20.3 Å². The van der Waals surface area contributed by atoms with Crippen LogP contribution in [-0.2, 0) is 4.79 Å². The number of benzene rings is 2. The van der Waals surface area contributed by atoms with E-state index in [1.807, 2.05) is 11.1 Å². The lowest BCUT2D eigenvalue weighted by Gasteiger charge is -2.37. The van der Waals surface area contributed by atoms with E-state index in [-0.39, 0.29) is 23.1 Å². The van der Waals surface area contributed by atoms with Gasteiger partial charge in [-0.3, -0.25) is 19.8 Å². The summed E-state index contributed by atoms with van der Waals surface area (Å²) in [5, 5.41) is 19.4. The summed E-state index contributed by atoms with van der Waals surface area (Å²) in [7, 11) is 0. The van der Waals surface area contributed by atoms with Crippen LogP contribution in [0.1, 0.15) is 6.92 Å². The van der Waals surface area contributed by atoms with Crippen LogP contribution in [0.4, 0.5) is 20.9 Å². The molecule has 5 rings (SSSR count). The van der Waals surface area contributed by atoms with Crippen molar-refractivity contribution in [2.45, 2.75) is 13.0 Å². The number of nitrogens with zero attached hydrogens (tertiary/aromatic N) is 6. The number of para-hydroxylation sites is 2. The summed E-state index contributed by atoms with van der Waals surface area (Å²) in [5.74, 6) is -0.573. The average Bonchev–Trinajstić information content (AvgIpc) is 3.44. The van der Waals surface area contributed by atoms with Gasteiger partial charge in [0, 0.05) is 37.8 Å². The van der Waals surface area contributed by atoms with Crippen LogP contribution in [0, 0.1) is 15.9 Å². The molecule has 3 heterocycles. The smallest absolute Gasteiger partial charge is 0.292 e. The number of carbonyl (C=O) groups excluding carboxylic acids is 1. The zero-order valence-corrected chi connectivity index (χ0v) is 19.6. The molecule has 35 heavy (non-hydrogen) atoms. The van der Waals surface area contributed by atoms with Gasteiger partial charge in [0.25, 0.3) is 5.69 Å². The number of imidazole rings is 1. The van der Waals surface area contributed by atoms with Crippen molar-refractivity contribution in [3.8, 4) is 11.3 Å². The Morgan fingerprint density at radius 1 is 1.14 bits per heavy atom. The van der Waals surface area contributed by atoms with E-state index >= 15 is 0 Å². The fourth-order valence-electron chi connectivity index (χ4n) is 4.02. The Morgan fingerprint density at radius 2 is 1.86 bits per heavy atom. The Bertz CT molecular complexity index is 1350. The standard InChI is InChI=1S/C23H22FN7O3S/c1-15(21(32)25-18-4-2-3-5-20(18)31(33)34)28-10-12-29(13-11-28)23-27-30-14-19(26-22(30)35-23)16-6-8-17(24)9-7-16/h2-9,14-15H,10-13H2,1H3,(H,25,32). The van der Waals surface area contributed by atoms with Gasteiger partial charge in [-0.2, -0.15) is 0 Å². The molecule has 1 N–H and O–H groups in total. The van der Waals surface area contributed by atoms with E-state index in [0.717, 1.165) is 21.3 Å². The van der Waals surface area contributed by atoms with E-state index in [1.165, 1.54) is 35.6 Å². The first kappa shape index (κ1) is 22.9. The number of anilines is 2. The Balaban J connectivity index is 1.20. The maximum Gasteiger partial charge on any atom is 0.292 e. The van der Waals surface area contributed by atoms with Crippen molar-refractivity contribution in [2.75, 3.05) is 36.4 Å². The minimum atomic E-state index is -0.507. The van der Waals surface area contributed by atoms with Crippen LogP contribution in [0.25, 0.3) is 16.2 Å². The van der Waals surface area contributed by atoms with Crippen LogP contribution in [0.15, 0.2) is 54.7 Å². The Hall–Kier alpha value is -3.90. The molecule has 1 atom stereocenters. The molecule has 0 radical (unpaired) electrons. The highest BCUT2D eigenvalue weighted by Crippen LogP contribution is 2.28. The molecule has 1 unspecified atom stereocenters. The van der Waals surface area contributed by atoms with E-state index in [4.69, 9.17) is 0 Å². The molecule has 12 heteroatoms. The molecule has 0 spiro atoms. The second-order valence-corrected chi connectivity index (χ2v) is 9.14. The van der Waals surface area contributed by atoms with Crippen LogP contribution >= 0.6 is 11.3 Å². The molecule has 180 valence electrons. The number of halogens is 1. The molecule has 1 saturated heterocycles. The largest absolute Gasteiger partial charge is 0.344 e. The summed E-state index contributed by atoms with van der Waals surface area (Å²) in [6.07, 6.45) is 1.83. The lowest BCUT2D eigenvalue weighted by molar-refractivity contribution is -0.383. The highest BCUT2D eigenvalue weighted by molar-refractivity contribution is 7.20. The molecule has 2 aromatic carbocycles. The van der Waals surface area contributed by atoms with Gasteiger partial charge in [-0.25, -0.2) is 13.9 Å². The van der Waals surface area contributed by atoms with Crippen LogP contribution in [0.2, 0.25) is 0 Å². The molecule has 10 nitrogen and oxygen atoms in total. The van der Waals surface area contributed by atoms with Crippen molar-refractivity contribution in [1.82, 2.24) is 19.5 Å². The number of nitro groups is 1. The van der Waals surface area contributed by atoms with Gasteiger partial charge in [0.15, 0.2) is 0 Å². The van der Waals surface area contributed by atoms with Crippen molar-refractivity contribution in [3.63, 3.8) is 0 Å². The first-order chi connectivity index (χ1) is 16.9. The first-order valence-corrected chi connectivity index (χ1v) is 11.9. The SMILES string of the molecule is CC(C(=O)Nc1ccccc1[N+](=O)[O-])N1CCN(c2nn3cc(-c4ccc(F)cc4)nc3s2)CC1. The van der Waals surface area contributed by atoms with E-state index in [9.17, 15) is 19.3 Å². The molecule has 1 fully saturated rings. The van der Waals surface area contributed by atoms with Gasteiger partial charge in [0.2, 0.25) is 16.0 Å². The molecule has 0 saturated carbocycles. The fourth-order valence-corrected chi connectivity index (χ4v) is 4.95. The molecule has 1 amide bonds. The third-order valence-corrected chi connectivity index (χ3v) is 7.03. The second kappa shape index (κ2) is 9.39. The number of hydrogen-bond donors (Lipinski definition) is 1. The number of nitro benzene ring substituents is 1. The highest BCUT2D eigenvalue weighted by atomic mass is 32.1. The third kappa shape index (κ3) is 4.70. The van der Waals surface area contributed by atoms with Crippen molar-refractivity contribution >= 4 is 38.7 Å². The maximum atomic E-state index is 13.2. The summed E-state index contributed by atoms with van der Waals surface area (Å²) in [6, 6.07) is 11.9. The van der Waals surface area contributed by atoms with Crippen molar-refractivity contribution < 1.29 is 14.1 Å². The van der Waals surface area contributed by atoms with Gasteiger partial charge in [-0.05, 0) is 37.3 Å². The number of aromatic nitrogens is 3. The number of hydrogen-bond acceptors (Lipinski definition) is 8. The lowest BCUT2D eigenvalue weighted by atomic mass is 10.2. The highest BCUT2D eigenvalue weighted by Gasteiger charge is 2.28. The quantitative estimate of drug-likeness (QED) is 0.321. The minimum absolute atomic E-state index is 0.130. The molecule has 2 aromatic heterocycles. The van der Waals surface area contributed by atoms with Gasteiger partial charge >= 0.3 is 0 Å². The maximum absolute atomic E-state index is 13.2. The number of fused-ring (bicyclic) bond motifs is 1. The molecular formula is C23H22FN7O3S. The minimum Gasteiger partial charge on any atom is -0.344 e. The van der Waals surface area contributed by atoms with Gasteiger partial charge in [-0.1, -0.05) is 23.5 Å². The summed E-state index contributed by atoms with van der Waals surface area (Å²) < 4.78 is 14.9. The van der Waals surface area contributed by atoms with Gasteiger partial charge in [0.1, 0.15) is 11.5 Å². The van der Waals surface area contributed by atoms with E-state index in [1.54, 1.807) is 35.7 Å². The van der Waals surface area contributed by atoms with Crippen molar-refractivity contribution in [3.05, 3.63) is 70.7 Å². The fraction of sp³-hybridized carbons (Fsp3) is 0.261. The average molecular weight is 496 g/mol.